The minimum atomic E-state index is 0.468. The molecule has 1 saturated carbocycles. The molecule has 0 atom stereocenters. The van der Waals surface area contributed by atoms with Crippen LogP contribution in [0.1, 0.15) is 62.9 Å². The first kappa shape index (κ1) is 11.4. The molecule has 0 aromatic carbocycles. The summed E-state index contributed by atoms with van der Waals surface area (Å²) in [5, 5.41) is 3.13. The summed E-state index contributed by atoms with van der Waals surface area (Å²) in [6, 6.07) is 2.06. The van der Waals surface area contributed by atoms with Crippen molar-refractivity contribution in [3.05, 3.63) is 17.6 Å². The van der Waals surface area contributed by atoms with Gasteiger partial charge in [0.1, 0.15) is 11.6 Å². The van der Waals surface area contributed by atoms with Crippen LogP contribution in [-0.4, -0.2) is 17.0 Å². The van der Waals surface area contributed by atoms with Crippen molar-refractivity contribution in [2.24, 2.45) is 0 Å². The number of nitrogens with zero attached hydrogens (tertiary/aromatic N) is 2. The largest absolute Gasteiger partial charge is 0.373 e. The smallest absolute Gasteiger partial charge is 0.134 e. The van der Waals surface area contributed by atoms with Gasteiger partial charge in [-0.2, -0.15) is 0 Å². The zero-order valence-corrected chi connectivity index (χ0v) is 10.5. The lowest BCUT2D eigenvalue weighted by atomic mass is 10.1. The van der Waals surface area contributed by atoms with Crippen molar-refractivity contribution in [3.8, 4) is 0 Å². The van der Waals surface area contributed by atoms with Gasteiger partial charge in [0.25, 0.3) is 0 Å². The fourth-order valence-electron chi connectivity index (χ4n) is 2.28. The molecule has 0 unspecified atom stereocenters. The van der Waals surface area contributed by atoms with Crippen LogP contribution in [0.2, 0.25) is 0 Å². The quantitative estimate of drug-likeness (QED) is 0.847. The van der Waals surface area contributed by atoms with Gasteiger partial charge in [0.05, 0.1) is 0 Å². The van der Waals surface area contributed by atoms with E-state index in [-0.39, 0.29) is 0 Å². The van der Waals surface area contributed by atoms with Gasteiger partial charge in [-0.15, -0.1) is 0 Å². The Morgan fingerprint density at radius 2 is 1.94 bits per heavy atom. The van der Waals surface area contributed by atoms with Crippen LogP contribution in [0, 0.1) is 0 Å². The van der Waals surface area contributed by atoms with Crippen molar-refractivity contribution >= 4 is 5.82 Å². The Morgan fingerprint density at radius 1 is 1.25 bits per heavy atom. The van der Waals surface area contributed by atoms with E-state index < -0.39 is 0 Å². The van der Waals surface area contributed by atoms with Gasteiger partial charge in [0.2, 0.25) is 0 Å². The summed E-state index contributed by atoms with van der Waals surface area (Å²) < 4.78 is 0. The maximum Gasteiger partial charge on any atom is 0.134 e. The van der Waals surface area contributed by atoms with Crippen LogP contribution in [0.4, 0.5) is 5.82 Å². The van der Waals surface area contributed by atoms with Gasteiger partial charge in [0.15, 0.2) is 0 Å². The number of hydrogen-bond acceptors (Lipinski definition) is 3. The summed E-state index contributed by atoms with van der Waals surface area (Å²) in [5.41, 5.74) is 1.15. The molecule has 16 heavy (non-hydrogen) atoms. The standard InChI is InChI=1S/C13H21N3/c1-9(2)11-8-12(14-3)16-13(15-11)10-6-4-5-7-10/h8-10H,4-7H2,1-3H3,(H,14,15,16). The van der Waals surface area contributed by atoms with Gasteiger partial charge in [0, 0.05) is 24.7 Å². The molecule has 0 bridgehead atoms. The van der Waals surface area contributed by atoms with Crippen LogP contribution < -0.4 is 5.32 Å². The Morgan fingerprint density at radius 3 is 2.50 bits per heavy atom. The van der Waals surface area contributed by atoms with E-state index in [1.165, 1.54) is 25.7 Å². The van der Waals surface area contributed by atoms with Gasteiger partial charge < -0.3 is 5.32 Å². The highest BCUT2D eigenvalue weighted by Crippen LogP contribution is 2.33. The molecule has 1 aliphatic rings. The lowest BCUT2D eigenvalue weighted by Crippen LogP contribution is -2.07. The Balaban J connectivity index is 2.32. The van der Waals surface area contributed by atoms with E-state index >= 15 is 0 Å². The minimum Gasteiger partial charge on any atom is -0.373 e. The van der Waals surface area contributed by atoms with Crippen molar-refractivity contribution in [3.63, 3.8) is 0 Å². The summed E-state index contributed by atoms with van der Waals surface area (Å²) in [6.45, 7) is 4.36. The van der Waals surface area contributed by atoms with Crippen molar-refractivity contribution in [2.75, 3.05) is 12.4 Å². The number of anilines is 1. The fraction of sp³-hybridized carbons (Fsp3) is 0.692. The van der Waals surface area contributed by atoms with Gasteiger partial charge >= 0.3 is 0 Å². The average Bonchev–Trinajstić information content (AvgIpc) is 2.81. The van der Waals surface area contributed by atoms with Crippen LogP contribution in [0.15, 0.2) is 6.07 Å². The molecule has 1 aromatic heterocycles. The molecule has 1 aromatic rings. The van der Waals surface area contributed by atoms with Crippen LogP contribution in [0.3, 0.4) is 0 Å². The van der Waals surface area contributed by atoms with Crippen LogP contribution in [-0.2, 0) is 0 Å². The molecule has 1 fully saturated rings. The molecule has 0 spiro atoms. The van der Waals surface area contributed by atoms with E-state index in [9.17, 15) is 0 Å². The molecule has 3 nitrogen and oxygen atoms in total. The first-order chi connectivity index (χ1) is 7.70. The molecular formula is C13H21N3. The lowest BCUT2D eigenvalue weighted by molar-refractivity contribution is 0.653. The molecule has 3 heteroatoms. The van der Waals surface area contributed by atoms with E-state index in [0.717, 1.165) is 17.3 Å². The molecule has 2 rings (SSSR count). The third kappa shape index (κ3) is 2.34. The maximum atomic E-state index is 4.71. The van der Waals surface area contributed by atoms with Gasteiger partial charge in [-0.1, -0.05) is 26.7 Å². The number of nitrogens with one attached hydrogen (secondary N) is 1. The maximum absolute atomic E-state index is 4.71. The van der Waals surface area contributed by atoms with E-state index in [1.54, 1.807) is 0 Å². The number of aromatic nitrogens is 2. The number of rotatable bonds is 3. The highest BCUT2D eigenvalue weighted by molar-refractivity contribution is 5.36. The first-order valence-electron chi connectivity index (χ1n) is 6.27. The summed E-state index contributed by atoms with van der Waals surface area (Å²) >= 11 is 0. The zero-order chi connectivity index (χ0) is 11.5. The van der Waals surface area contributed by atoms with E-state index in [0.29, 0.717) is 11.8 Å². The normalized spacial score (nSPS) is 17.0. The van der Waals surface area contributed by atoms with Crippen molar-refractivity contribution < 1.29 is 0 Å². The van der Waals surface area contributed by atoms with E-state index in [1.807, 2.05) is 7.05 Å². The third-order valence-electron chi connectivity index (χ3n) is 3.33. The Hall–Kier alpha value is -1.12. The molecule has 1 aliphatic carbocycles. The summed E-state index contributed by atoms with van der Waals surface area (Å²) in [6.07, 6.45) is 5.17. The molecule has 0 aliphatic heterocycles. The molecule has 1 heterocycles. The van der Waals surface area contributed by atoms with Gasteiger partial charge in [-0.25, -0.2) is 9.97 Å². The fourth-order valence-corrected chi connectivity index (χ4v) is 2.28. The van der Waals surface area contributed by atoms with Crippen molar-refractivity contribution in [2.45, 2.75) is 51.4 Å². The minimum absolute atomic E-state index is 0.468. The molecule has 0 amide bonds. The van der Waals surface area contributed by atoms with Crippen molar-refractivity contribution in [1.82, 2.24) is 9.97 Å². The van der Waals surface area contributed by atoms with Crippen LogP contribution in [0.5, 0.6) is 0 Å². The predicted molar refractivity (Wildman–Crippen MR) is 66.9 cm³/mol. The highest BCUT2D eigenvalue weighted by Gasteiger charge is 2.21. The second-order valence-electron chi connectivity index (χ2n) is 4.92. The van der Waals surface area contributed by atoms with Crippen LogP contribution in [0.25, 0.3) is 0 Å². The molecule has 0 radical (unpaired) electrons. The SMILES string of the molecule is CNc1cc(C(C)C)nc(C2CCCC2)n1. The first-order valence-corrected chi connectivity index (χ1v) is 6.27. The third-order valence-corrected chi connectivity index (χ3v) is 3.33. The highest BCUT2D eigenvalue weighted by atomic mass is 15.0. The molecule has 88 valence electrons. The summed E-state index contributed by atoms with van der Waals surface area (Å²) in [7, 11) is 1.92. The topological polar surface area (TPSA) is 37.8 Å². The Labute approximate surface area is 97.7 Å². The zero-order valence-electron chi connectivity index (χ0n) is 10.5. The van der Waals surface area contributed by atoms with Crippen molar-refractivity contribution in [1.29, 1.82) is 0 Å². The number of hydrogen-bond donors (Lipinski definition) is 1. The second-order valence-corrected chi connectivity index (χ2v) is 4.92. The molecule has 0 saturated heterocycles. The molecular weight excluding hydrogens is 198 g/mol. The second kappa shape index (κ2) is 4.81. The van der Waals surface area contributed by atoms with E-state index in [2.05, 4.69) is 30.2 Å². The van der Waals surface area contributed by atoms with Gasteiger partial charge in [-0.05, 0) is 18.8 Å². The summed E-state index contributed by atoms with van der Waals surface area (Å²) in [5.74, 6) is 3.06. The van der Waals surface area contributed by atoms with E-state index in [4.69, 9.17) is 4.98 Å². The monoisotopic (exact) mass is 219 g/mol. The predicted octanol–water partition coefficient (Wildman–Crippen LogP) is 3.30. The van der Waals surface area contributed by atoms with Gasteiger partial charge in [-0.3, -0.25) is 0 Å². The molecule has 1 N–H and O–H groups in total. The average molecular weight is 219 g/mol. The van der Waals surface area contributed by atoms with Crippen LogP contribution >= 0.6 is 0 Å². The Bertz CT molecular complexity index is 354. The Kier molecular flexibility index (Phi) is 3.42. The lowest BCUT2D eigenvalue weighted by Gasteiger charge is -2.13. The summed E-state index contributed by atoms with van der Waals surface area (Å²) in [4.78, 5) is 9.31.